The van der Waals surface area contributed by atoms with E-state index in [1.807, 2.05) is 6.07 Å². The highest BCUT2D eigenvalue weighted by Gasteiger charge is 2.20. The fraction of sp³-hybridized carbons (Fsp3) is 0. The Bertz CT molecular complexity index is 2440. The molecule has 1 aromatic heterocycles. The summed E-state index contributed by atoms with van der Waals surface area (Å²) in [6.45, 7) is 0. The molecule has 0 saturated heterocycles. The average molecular weight is 547 g/mol. The molecule has 0 amide bonds. The summed E-state index contributed by atoms with van der Waals surface area (Å²) in [4.78, 5) is 0. The molecule has 0 unspecified atom stereocenters. The van der Waals surface area contributed by atoms with Crippen LogP contribution >= 0.6 is 0 Å². The van der Waals surface area contributed by atoms with E-state index >= 15 is 0 Å². The first-order chi connectivity index (χ1) is 21.3. The van der Waals surface area contributed by atoms with Gasteiger partial charge in [0, 0.05) is 16.3 Å². The van der Waals surface area contributed by atoms with Crippen molar-refractivity contribution >= 4 is 54.3 Å². The zero-order valence-electron chi connectivity index (χ0n) is 23.4. The minimum Gasteiger partial charge on any atom is -0.455 e. The van der Waals surface area contributed by atoms with Gasteiger partial charge in [0.25, 0.3) is 0 Å². The monoisotopic (exact) mass is 546 g/mol. The van der Waals surface area contributed by atoms with Gasteiger partial charge in [-0.05, 0) is 78.3 Å². The molecular formula is C42H26O. The second-order valence-corrected chi connectivity index (χ2v) is 11.2. The summed E-state index contributed by atoms with van der Waals surface area (Å²) >= 11 is 0. The highest BCUT2D eigenvalue weighted by molar-refractivity contribution is 6.24. The van der Waals surface area contributed by atoms with E-state index < -0.39 is 0 Å². The van der Waals surface area contributed by atoms with Crippen LogP contribution in [0.25, 0.3) is 87.6 Å². The van der Waals surface area contributed by atoms with E-state index in [4.69, 9.17) is 4.42 Å². The number of furan rings is 1. The van der Waals surface area contributed by atoms with Crippen LogP contribution in [-0.4, -0.2) is 0 Å². The van der Waals surface area contributed by atoms with Crippen molar-refractivity contribution in [2.24, 2.45) is 0 Å². The summed E-state index contributed by atoms with van der Waals surface area (Å²) < 4.78 is 6.50. The van der Waals surface area contributed by atoms with E-state index in [1.165, 1.54) is 54.6 Å². The molecule has 200 valence electrons. The lowest BCUT2D eigenvalue weighted by atomic mass is 9.83. The lowest BCUT2D eigenvalue weighted by Gasteiger charge is -2.19. The fourth-order valence-corrected chi connectivity index (χ4v) is 6.98. The van der Waals surface area contributed by atoms with Gasteiger partial charge in [0.15, 0.2) is 0 Å². The summed E-state index contributed by atoms with van der Waals surface area (Å²) in [7, 11) is 0. The molecule has 0 fully saturated rings. The number of rotatable bonds is 3. The summed E-state index contributed by atoms with van der Waals surface area (Å²) in [6, 6.07) is 56.8. The zero-order valence-corrected chi connectivity index (χ0v) is 23.4. The van der Waals surface area contributed by atoms with Gasteiger partial charge >= 0.3 is 0 Å². The van der Waals surface area contributed by atoms with Gasteiger partial charge in [-0.2, -0.15) is 0 Å². The van der Waals surface area contributed by atoms with Crippen LogP contribution in [0.5, 0.6) is 0 Å². The van der Waals surface area contributed by atoms with Crippen LogP contribution in [0, 0.1) is 0 Å². The Labute approximate surface area is 249 Å². The van der Waals surface area contributed by atoms with Gasteiger partial charge in [0.1, 0.15) is 11.2 Å². The van der Waals surface area contributed by atoms with Crippen molar-refractivity contribution in [1.29, 1.82) is 0 Å². The predicted molar refractivity (Wildman–Crippen MR) is 183 cm³/mol. The number of fused-ring (bicyclic) bond motifs is 6. The van der Waals surface area contributed by atoms with E-state index in [1.54, 1.807) is 0 Å². The minimum atomic E-state index is 0.916. The van der Waals surface area contributed by atoms with E-state index in [0.717, 1.165) is 33.1 Å². The molecule has 0 aliphatic heterocycles. The maximum atomic E-state index is 6.50. The molecule has 0 radical (unpaired) electrons. The number of hydrogen-bond donors (Lipinski definition) is 0. The van der Waals surface area contributed by atoms with Gasteiger partial charge < -0.3 is 4.42 Å². The largest absolute Gasteiger partial charge is 0.455 e. The van der Waals surface area contributed by atoms with Gasteiger partial charge in [-0.25, -0.2) is 0 Å². The molecular weight excluding hydrogens is 520 g/mol. The topological polar surface area (TPSA) is 13.1 Å². The molecule has 0 aliphatic rings. The maximum absolute atomic E-state index is 6.50. The molecule has 9 rings (SSSR count). The highest BCUT2D eigenvalue weighted by atomic mass is 16.3. The normalized spacial score (nSPS) is 11.7. The van der Waals surface area contributed by atoms with Gasteiger partial charge in [-0.15, -0.1) is 0 Å². The standard InChI is InChI=1S/C42H26O/c1-2-13-27(14-3-1)40-33-18-6-8-20-35(33)41(36-21-9-7-19-34(36)40)38-26-29(25-28-15-4-5-16-30(28)38)31-22-12-23-37-32-17-10-11-24-39(32)43-42(31)37/h1-26H. The molecule has 9 aromatic rings. The van der Waals surface area contributed by atoms with E-state index in [9.17, 15) is 0 Å². The summed E-state index contributed by atoms with van der Waals surface area (Å²) in [5.74, 6) is 0. The lowest BCUT2D eigenvalue weighted by Crippen LogP contribution is -1.92. The molecule has 0 atom stereocenters. The Balaban J connectivity index is 1.42. The van der Waals surface area contributed by atoms with Crippen LogP contribution in [-0.2, 0) is 0 Å². The van der Waals surface area contributed by atoms with Crippen LogP contribution in [0.3, 0.4) is 0 Å². The Morgan fingerprint density at radius 1 is 0.326 bits per heavy atom. The molecule has 0 N–H and O–H groups in total. The van der Waals surface area contributed by atoms with Gasteiger partial charge in [-0.3, -0.25) is 0 Å². The molecule has 0 aliphatic carbocycles. The predicted octanol–water partition coefficient (Wildman–Crippen LogP) is 12.0. The van der Waals surface area contributed by atoms with Crippen molar-refractivity contribution in [2.75, 3.05) is 0 Å². The van der Waals surface area contributed by atoms with Gasteiger partial charge in [0.05, 0.1) is 0 Å². The fourth-order valence-electron chi connectivity index (χ4n) is 6.98. The van der Waals surface area contributed by atoms with Crippen LogP contribution in [0.4, 0.5) is 0 Å². The Morgan fingerprint density at radius 3 is 1.60 bits per heavy atom. The van der Waals surface area contributed by atoms with E-state index in [-0.39, 0.29) is 0 Å². The zero-order chi connectivity index (χ0) is 28.3. The molecule has 1 nitrogen and oxygen atoms in total. The first kappa shape index (κ1) is 24.0. The SMILES string of the molecule is c1ccc(-c2c3ccccc3c(-c3cc(-c4cccc5c4oc4ccccc45)cc4ccccc34)c3ccccc23)cc1. The second kappa shape index (κ2) is 9.44. The summed E-state index contributed by atoms with van der Waals surface area (Å²) in [5.41, 5.74) is 9.11. The first-order valence-electron chi connectivity index (χ1n) is 14.8. The third kappa shape index (κ3) is 3.65. The van der Waals surface area contributed by atoms with Crippen molar-refractivity contribution in [3.63, 3.8) is 0 Å². The molecule has 1 heterocycles. The third-order valence-corrected chi connectivity index (χ3v) is 8.84. The van der Waals surface area contributed by atoms with Crippen molar-refractivity contribution in [1.82, 2.24) is 0 Å². The quantitative estimate of drug-likeness (QED) is 0.201. The van der Waals surface area contributed by atoms with Crippen LogP contribution in [0.1, 0.15) is 0 Å². The van der Waals surface area contributed by atoms with Crippen molar-refractivity contribution in [3.8, 4) is 33.4 Å². The van der Waals surface area contributed by atoms with Crippen molar-refractivity contribution in [2.45, 2.75) is 0 Å². The summed E-state index contributed by atoms with van der Waals surface area (Å²) in [5, 5.41) is 9.77. The van der Waals surface area contributed by atoms with Crippen LogP contribution in [0.15, 0.2) is 162 Å². The summed E-state index contributed by atoms with van der Waals surface area (Å²) in [6.07, 6.45) is 0. The van der Waals surface area contributed by atoms with Crippen LogP contribution < -0.4 is 0 Å². The minimum absolute atomic E-state index is 0.916. The van der Waals surface area contributed by atoms with Gasteiger partial charge in [-0.1, -0.05) is 140 Å². The van der Waals surface area contributed by atoms with Crippen molar-refractivity contribution < 1.29 is 4.42 Å². The molecule has 1 heteroatoms. The van der Waals surface area contributed by atoms with E-state index in [2.05, 4.69) is 152 Å². The number of benzene rings is 8. The highest BCUT2D eigenvalue weighted by Crippen LogP contribution is 2.47. The number of para-hydroxylation sites is 2. The van der Waals surface area contributed by atoms with Gasteiger partial charge in [0.2, 0.25) is 0 Å². The second-order valence-electron chi connectivity index (χ2n) is 11.2. The third-order valence-electron chi connectivity index (χ3n) is 8.84. The van der Waals surface area contributed by atoms with Crippen LogP contribution in [0.2, 0.25) is 0 Å². The molecule has 0 bridgehead atoms. The number of hydrogen-bond acceptors (Lipinski definition) is 1. The molecule has 0 spiro atoms. The average Bonchev–Trinajstić information content (AvgIpc) is 3.46. The molecule has 43 heavy (non-hydrogen) atoms. The molecule has 0 saturated carbocycles. The lowest BCUT2D eigenvalue weighted by molar-refractivity contribution is 0.670. The Morgan fingerprint density at radius 2 is 0.884 bits per heavy atom. The first-order valence-corrected chi connectivity index (χ1v) is 14.8. The molecule has 8 aromatic carbocycles. The Hall–Kier alpha value is -5.66. The van der Waals surface area contributed by atoms with Crippen molar-refractivity contribution in [3.05, 3.63) is 158 Å². The Kier molecular flexibility index (Phi) is 5.27. The maximum Gasteiger partial charge on any atom is 0.143 e. The smallest absolute Gasteiger partial charge is 0.143 e. The van der Waals surface area contributed by atoms with E-state index in [0.29, 0.717) is 0 Å².